The van der Waals surface area contributed by atoms with Crippen molar-refractivity contribution in [2.45, 2.75) is 88.2 Å². The van der Waals surface area contributed by atoms with Crippen LogP contribution < -0.4 is 14.9 Å². The Labute approximate surface area is 308 Å². The van der Waals surface area contributed by atoms with Gasteiger partial charge in [0.1, 0.15) is 23.1 Å². The van der Waals surface area contributed by atoms with E-state index in [-0.39, 0.29) is 28.6 Å². The fourth-order valence-corrected chi connectivity index (χ4v) is 10.1. The first-order valence-corrected chi connectivity index (χ1v) is 19.7. The molecule has 3 aromatic carbocycles. The molecule has 6 atom stereocenters. The van der Waals surface area contributed by atoms with Crippen LogP contribution in [0.2, 0.25) is 0 Å². The molecule has 4 unspecified atom stereocenters. The van der Waals surface area contributed by atoms with Crippen molar-refractivity contribution in [3.05, 3.63) is 93.1 Å². The molecule has 0 aliphatic heterocycles. The number of esters is 1. The highest BCUT2D eigenvalue weighted by molar-refractivity contribution is 7.16. The Hall–Kier alpha value is -3.74. The molecule has 3 aliphatic rings. The van der Waals surface area contributed by atoms with Gasteiger partial charge in [0.05, 0.1) is 17.4 Å². The van der Waals surface area contributed by atoms with Crippen LogP contribution in [0, 0.1) is 17.8 Å². The maximum absolute atomic E-state index is 13.9. The SMILES string of the molecule is CN(CCCOc1ccc(CNC[C@H](O)c2ccc(O)c3[nH]c(=O)sc23)cc1)C1C2CCC1C(OC(=O)[C@](O)(c1ccccc1)C1CCCCC1)C2. The Morgan fingerprint density at radius 2 is 1.81 bits per heavy atom. The third-order valence-electron chi connectivity index (χ3n) is 11.8. The first kappa shape index (κ1) is 36.6. The highest BCUT2D eigenvalue weighted by Crippen LogP contribution is 2.50. The van der Waals surface area contributed by atoms with Crippen LogP contribution in [0.1, 0.15) is 80.6 Å². The van der Waals surface area contributed by atoms with Gasteiger partial charge in [-0.05, 0) is 80.8 Å². The Morgan fingerprint density at radius 3 is 2.58 bits per heavy atom. The van der Waals surface area contributed by atoms with Crippen molar-refractivity contribution < 1.29 is 29.6 Å². The lowest BCUT2D eigenvalue weighted by molar-refractivity contribution is -0.184. The largest absolute Gasteiger partial charge is 0.506 e. The molecule has 10 nitrogen and oxygen atoms in total. The van der Waals surface area contributed by atoms with Gasteiger partial charge in [0.2, 0.25) is 0 Å². The maximum atomic E-state index is 13.9. The number of thiazole rings is 1. The predicted octanol–water partition coefficient (Wildman–Crippen LogP) is 6.00. The first-order valence-electron chi connectivity index (χ1n) is 18.9. The number of carbonyl (C=O) groups is 1. The van der Waals surface area contributed by atoms with Gasteiger partial charge in [-0.25, -0.2) is 4.79 Å². The summed E-state index contributed by atoms with van der Waals surface area (Å²) in [5.41, 5.74) is 1.05. The minimum absolute atomic E-state index is 0.00985. The molecular weight excluding hydrogens is 679 g/mol. The Balaban J connectivity index is 0.855. The second-order valence-electron chi connectivity index (χ2n) is 15.0. The molecule has 0 spiro atoms. The van der Waals surface area contributed by atoms with Crippen LogP contribution in [0.5, 0.6) is 11.5 Å². The molecule has 0 amide bonds. The number of aliphatic hydroxyl groups excluding tert-OH is 1. The van der Waals surface area contributed by atoms with Gasteiger partial charge < -0.3 is 40.0 Å². The Bertz CT molecular complexity index is 1860. The van der Waals surface area contributed by atoms with Gasteiger partial charge in [0.25, 0.3) is 0 Å². The number of ether oxygens (including phenoxy) is 2. The molecule has 2 bridgehead atoms. The van der Waals surface area contributed by atoms with Crippen LogP contribution in [0.25, 0.3) is 10.2 Å². The van der Waals surface area contributed by atoms with E-state index in [2.05, 4.69) is 22.2 Å². The summed E-state index contributed by atoms with van der Waals surface area (Å²) >= 11 is 0.978. The Kier molecular flexibility index (Phi) is 11.3. The molecule has 11 heteroatoms. The standard InChI is InChI=1S/C41H51N3O7S/c1-44(37-27-15-18-32(37)35(23-27)51-39(47)41(49,28-9-4-2-5-10-28)29-11-6-3-7-12-29)21-8-22-50-30-16-13-26(14-17-30)24-42-25-34(46)31-19-20-33(45)36-38(31)52-40(48)43-36/h2,4-5,9-10,13-14,16-17,19-20,27,29,32,34-35,37,42,45-46,49H,3,6-8,11-12,15,18,21-25H2,1H3,(H,43,48)/t27?,32?,34-,35?,37?,41-/m0/s1. The molecule has 5 N–H and O–H groups in total. The zero-order valence-corrected chi connectivity index (χ0v) is 30.7. The number of rotatable bonds is 15. The number of phenols is 1. The lowest BCUT2D eigenvalue weighted by atomic mass is 9.73. The number of nitrogens with zero attached hydrogens (tertiary/aromatic N) is 1. The number of aromatic amines is 1. The molecule has 3 aliphatic carbocycles. The third-order valence-corrected chi connectivity index (χ3v) is 12.7. The topological polar surface area (TPSA) is 144 Å². The third kappa shape index (κ3) is 7.66. The molecule has 4 aromatic rings. The minimum atomic E-state index is -1.60. The van der Waals surface area contributed by atoms with Crippen molar-refractivity contribution >= 4 is 27.5 Å². The monoisotopic (exact) mass is 729 g/mol. The van der Waals surface area contributed by atoms with Gasteiger partial charge in [-0.15, -0.1) is 0 Å². The van der Waals surface area contributed by atoms with Gasteiger partial charge in [0.15, 0.2) is 5.60 Å². The van der Waals surface area contributed by atoms with E-state index in [1.807, 2.05) is 54.6 Å². The molecular formula is C41H51N3O7S. The molecule has 278 valence electrons. The zero-order valence-electron chi connectivity index (χ0n) is 29.8. The molecule has 3 fully saturated rings. The molecule has 1 heterocycles. The predicted molar refractivity (Wildman–Crippen MR) is 201 cm³/mol. The lowest BCUT2D eigenvalue weighted by Gasteiger charge is -2.38. The van der Waals surface area contributed by atoms with E-state index in [1.54, 1.807) is 6.07 Å². The number of phenolic OH excluding ortho intramolecular Hbond substituents is 1. The number of aliphatic hydroxyl groups is 2. The van der Waals surface area contributed by atoms with Crippen LogP contribution >= 0.6 is 11.3 Å². The van der Waals surface area contributed by atoms with Crippen molar-refractivity contribution in [1.82, 2.24) is 15.2 Å². The van der Waals surface area contributed by atoms with Crippen LogP contribution in [0.3, 0.4) is 0 Å². The number of nitrogens with one attached hydrogen (secondary N) is 2. The number of carbonyl (C=O) groups excluding carboxylic acids is 1. The average molecular weight is 730 g/mol. The van der Waals surface area contributed by atoms with Crippen molar-refractivity contribution in [3.8, 4) is 11.5 Å². The molecule has 7 rings (SSSR count). The second kappa shape index (κ2) is 16.1. The van der Waals surface area contributed by atoms with Gasteiger partial charge in [-0.2, -0.15) is 0 Å². The van der Waals surface area contributed by atoms with Crippen molar-refractivity contribution in [3.63, 3.8) is 0 Å². The lowest BCUT2D eigenvalue weighted by Crippen LogP contribution is -2.47. The summed E-state index contributed by atoms with van der Waals surface area (Å²) in [6.07, 6.45) is 7.79. The van der Waals surface area contributed by atoms with Gasteiger partial charge >= 0.3 is 10.8 Å². The molecule has 0 saturated heterocycles. The molecule has 1 aromatic heterocycles. The smallest absolute Gasteiger partial charge is 0.343 e. The fraction of sp³-hybridized carbons (Fsp3) is 0.512. The number of aromatic hydroxyl groups is 1. The highest BCUT2D eigenvalue weighted by atomic mass is 32.1. The van der Waals surface area contributed by atoms with E-state index < -0.39 is 17.7 Å². The maximum Gasteiger partial charge on any atom is 0.343 e. The number of hydrogen-bond acceptors (Lipinski definition) is 10. The van der Waals surface area contributed by atoms with Crippen molar-refractivity contribution in [1.29, 1.82) is 0 Å². The molecule has 0 radical (unpaired) electrons. The van der Waals surface area contributed by atoms with E-state index in [9.17, 15) is 24.9 Å². The van der Waals surface area contributed by atoms with E-state index in [0.717, 1.165) is 87.0 Å². The van der Waals surface area contributed by atoms with Gasteiger partial charge in [-0.3, -0.25) is 4.79 Å². The number of hydrogen-bond donors (Lipinski definition) is 5. The van der Waals surface area contributed by atoms with Crippen molar-refractivity contribution in [2.24, 2.45) is 17.8 Å². The van der Waals surface area contributed by atoms with E-state index in [1.165, 1.54) is 6.07 Å². The summed E-state index contributed by atoms with van der Waals surface area (Å²) in [6, 6.07) is 20.8. The van der Waals surface area contributed by atoms with Crippen molar-refractivity contribution in [2.75, 3.05) is 26.7 Å². The first-order chi connectivity index (χ1) is 25.2. The number of aromatic nitrogens is 1. The van der Waals surface area contributed by atoms with Crippen LogP contribution in [0.15, 0.2) is 71.5 Å². The molecule has 3 saturated carbocycles. The number of fused-ring (bicyclic) bond motifs is 3. The summed E-state index contributed by atoms with van der Waals surface area (Å²) in [6.45, 7) is 2.32. The summed E-state index contributed by atoms with van der Waals surface area (Å²) in [5, 5.41) is 36.1. The number of H-pyrrole nitrogens is 1. The van der Waals surface area contributed by atoms with Crippen LogP contribution in [0.4, 0.5) is 0 Å². The summed E-state index contributed by atoms with van der Waals surface area (Å²) < 4.78 is 12.9. The van der Waals surface area contributed by atoms with Crippen LogP contribution in [-0.2, 0) is 21.7 Å². The second-order valence-corrected chi connectivity index (χ2v) is 16.0. The summed E-state index contributed by atoms with van der Waals surface area (Å²) in [5.74, 6) is 0.963. The normalized spacial score (nSPS) is 23.5. The Morgan fingerprint density at radius 1 is 1.04 bits per heavy atom. The summed E-state index contributed by atoms with van der Waals surface area (Å²) in [7, 11) is 2.17. The van der Waals surface area contributed by atoms with Gasteiger partial charge in [-0.1, -0.05) is 79.1 Å². The fourth-order valence-electron chi connectivity index (χ4n) is 9.14. The zero-order chi connectivity index (χ0) is 36.2. The summed E-state index contributed by atoms with van der Waals surface area (Å²) in [4.78, 5) is 30.5. The van der Waals surface area contributed by atoms with E-state index >= 15 is 0 Å². The average Bonchev–Trinajstić information content (AvgIpc) is 3.87. The van der Waals surface area contributed by atoms with E-state index in [4.69, 9.17) is 9.47 Å². The highest BCUT2D eigenvalue weighted by Gasteiger charge is 2.54. The minimum Gasteiger partial charge on any atom is -0.506 e. The molecule has 52 heavy (non-hydrogen) atoms. The number of benzene rings is 3. The quantitative estimate of drug-likeness (QED) is 0.0736. The van der Waals surface area contributed by atoms with Crippen LogP contribution in [-0.4, -0.2) is 70.1 Å². The van der Waals surface area contributed by atoms with E-state index in [0.29, 0.717) is 53.0 Å². The van der Waals surface area contributed by atoms with Gasteiger partial charge in [0, 0.05) is 43.1 Å².